The summed E-state index contributed by atoms with van der Waals surface area (Å²) in [5, 5.41) is 0.00988. The lowest BCUT2D eigenvalue weighted by molar-refractivity contribution is -0.161. The van der Waals surface area contributed by atoms with E-state index in [1.165, 1.54) is 0 Å². The summed E-state index contributed by atoms with van der Waals surface area (Å²) in [5.74, 6) is -0.493. The highest BCUT2D eigenvalue weighted by molar-refractivity contribution is 6.74. The van der Waals surface area contributed by atoms with Crippen LogP contribution in [-0.4, -0.2) is 56.6 Å². The van der Waals surface area contributed by atoms with Gasteiger partial charge >= 0.3 is 12.1 Å². The van der Waals surface area contributed by atoms with E-state index in [-0.39, 0.29) is 11.6 Å². The Balaban J connectivity index is 2.72. The maximum Gasteiger partial charge on any atom is 0.428 e. The van der Waals surface area contributed by atoms with E-state index >= 15 is 0 Å². The summed E-state index contributed by atoms with van der Waals surface area (Å²) in [6.45, 7) is 17.5. The van der Waals surface area contributed by atoms with Gasteiger partial charge in [0.1, 0.15) is 5.60 Å². The van der Waals surface area contributed by atoms with Gasteiger partial charge in [-0.1, -0.05) is 20.8 Å². The van der Waals surface area contributed by atoms with E-state index in [4.69, 9.17) is 14.0 Å². The van der Waals surface area contributed by atoms with Gasteiger partial charge in [-0.25, -0.2) is 4.79 Å². The van der Waals surface area contributed by atoms with E-state index in [1.54, 1.807) is 25.7 Å². The quantitative estimate of drug-likeness (QED) is 0.413. The lowest BCUT2D eigenvalue weighted by Crippen LogP contribution is -2.50. The number of piperidine rings is 1. The summed E-state index contributed by atoms with van der Waals surface area (Å²) < 4.78 is 11.6. The molecule has 1 aliphatic rings. The third-order valence-electron chi connectivity index (χ3n) is 5.01. The van der Waals surface area contributed by atoms with Gasteiger partial charge in [-0.2, -0.15) is 0 Å². The fraction of sp³-hybridized carbons (Fsp3) is 0.895. The maximum atomic E-state index is 12.6. The molecule has 7 nitrogen and oxygen atoms in total. The van der Waals surface area contributed by atoms with Gasteiger partial charge in [0.05, 0.1) is 6.61 Å². The van der Waals surface area contributed by atoms with Crippen LogP contribution in [0.3, 0.4) is 0 Å². The summed E-state index contributed by atoms with van der Waals surface area (Å²) >= 11 is 0. The van der Waals surface area contributed by atoms with Gasteiger partial charge in [-0.15, -0.1) is 5.48 Å². The summed E-state index contributed by atoms with van der Waals surface area (Å²) in [7, 11) is -2.06. The normalized spacial score (nSPS) is 17.4. The standard InChI is InChI=1S/C19H38N2O5Si/c1-18(2,3)25-16(22)15(14-24-27(7,8)19(4,5)6)20-26-17(23)21-12-10-9-11-13-21/h15,20H,9-14H2,1-8H3. The lowest BCUT2D eigenvalue weighted by atomic mass is 10.1. The van der Waals surface area contributed by atoms with Gasteiger partial charge in [-0.05, 0) is 58.2 Å². The molecule has 1 N–H and O–H groups in total. The van der Waals surface area contributed by atoms with Crippen molar-refractivity contribution < 1.29 is 23.6 Å². The largest absolute Gasteiger partial charge is 0.459 e. The van der Waals surface area contributed by atoms with Gasteiger partial charge in [0.15, 0.2) is 14.4 Å². The monoisotopic (exact) mass is 402 g/mol. The highest BCUT2D eigenvalue weighted by Crippen LogP contribution is 2.36. The van der Waals surface area contributed by atoms with Crippen LogP contribution in [0.15, 0.2) is 0 Å². The minimum Gasteiger partial charge on any atom is -0.459 e. The topological polar surface area (TPSA) is 77.1 Å². The van der Waals surface area contributed by atoms with Crippen molar-refractivity contribution in [2.45, 2.75) is 90.6 Å². The summed E-state index contributed by atoms with van der Waals surface area (Å²) in [6.07, 6.45) is 2.60. The van der Waals surface area contributed by atoms with E-state index < -0.39 is 32.0 Å². The molecule has 1 heterocycles. The molecule has 1 amide bonds. The molecule has 8 heteroatoms. The summed E-state index contributed by atoms with van der Waals surface area (Å²) in [4.78, 5) is 31.6. The second-order valence-corrected chi connectivity index (χ2v) is 14.5. The zero-order valence-corrected chi connectivity index (χ0v) is 19.3. The van der Waals surface area contributed by atoms with Crippen LogP contribution in [0.2, 0.25) is 18.1 Å². The van der Waals surface area contributed by atoms with E-state index in [2.05, 4.69) is 39.3 Å². The van der Waals surface area contributed by atoms with Crippen LogP contribution in [0, 0.1) is 0 Å². The molecule has 0 bridgehead atoms. The molecule has 0 aliphatic carbocycles. The molecule has 1 saturated heterocycles. The van der Waals surface area contributed by atoms with Gasteiger partial charge in [-0.3, -0.25) is 4.79 Å². The van der Waals surface area contributed by atoms with Crippen molar-refractivity contribution in [3.05, 3.63) is 0 Å². The minimum atomic E-state index is -2.06. The van der Waals surface area contributed by atoms with Crippen LogP contribution in [0.1, 0.15) is 60.8 Å². The second-order valence-electron chi connectivity index (χ2n) is 9.69. The molecule has 0 aromatic carbocycles. The number of carbonyl (C=O) groups is 2. The van der Waals surface area contributed by atoms with Gasteiger partial charge < -0.3 is 18.9 Å². The zero-order chi connectivity index (χ0) is 20.9. The smallest absolute Gasteiger partial charge is 0.428 e. The number of hydroxylamine groups is 1. The Morgan fingerprint density at radius 1 is 1.04 bits per heavy atom. The van der Waals surface area contributed by atoms with Crippen LogP contribution < -0.4 is 5.48 Å². The summed E-state index contributed by atoms with van der Waals surface area (Å²) in [5.41, 5.74) is 1.96. The number of ether oxygens (including phenoxy) is 1. The molecule has 1 rings (SSSR count). The Morgan fingerprint density at radius 2 is 1.59 bits per heavy atom. The van der Waals surface area contributed by atoms with Crippen molar-refractivity contribution in [1.82, 2.24) is 10.4 Å². The van der Waals surface area contributed by atoms with E-state index in [0.29, 0.717) is 13.1 Å². The Labute approximate surface area is 165 Å². The van der Waals surface area contributed by atoms with Gasteiger partial charge in [0.2, 0.25) is 0 Å². The second kappa shape index (κ2) is 9.38. The average molecular weight is 403 g/mol. The number of nitrogens with zero attached hydrogens (tertiary/aromatic N) is 1. The first kappa shape index (κ1) is 23.9. The maximum absolute atomic E-state index is 12.6. The molecular formula is C19H38N2O5Si. The number of hydrogen-bond acceptors (Lipinski definition) is 6. The molecule has 1 unspecified atom stereocenters. The first-order chi connectivity index (χ1) is 12.2. The zero-order valence-electron chi connectivity index (χ0n) is 18.3. The lowest BCUT2D eigenvalue weighted by Gasteiger charge is -2.37. The number of carbonyl (C=O) groups excluding carboxylic acids is 2. The number of esters is 1. The van der Waals surface area contributed by atoms with Crippen molar-refractivity contribution >= 4 is 20.4 Å². The van der Waals surface area contributed by atoms with Crippen LogP contribution >= 0.6 is 0 Å². The SMILES string of the molecule is CC(C)(C)OC(=O)C(CO[Si](C)(C)C(C)(C)C)NOC(=O)N1CCCCC1. The number of likely N-dealkylation sites (tertiary alicyclic amines) is 1. The Bertz CT molecular complexity index is 505. The molecular weight excluding hydrogens is 364 g/mol. The van der Waals surface area contributed by atoms with Crippen LogP contribution in [0.4, 0.5) is 4.79 Å². The Kier molecular flexibility index (Phi) is 8.31. The average Bonchev–Trinajstić information content (AvgIpc) is 2.52. The molecule has 0 spiro atoms. The molecule has 0 aromatic heterocycles. The van der Waals surface area contributed by atoms with Gasteiger partial charge in [0, 0.05) is 13.1 Å². The Morgan fingerprint density at radius 3 is 2.07 bits per heavy atom. The molecule has 1 aliphatic heterocycles. The van der Waals surface area contributed by atoms with E-state index in [0.717, 1.165) is 19.3 Å². The van der Waals surface area contributed by atoms with Crippen LogP contribution in [0.5, 0.6) is 0 Å². The predicted molar refractivity (Wildman–Crippen MR) is 108 cm³/mol. The molecule has 27 heavy (non-hydrogen) atoms. The van der Waals surface area contributed by atoms with E-state index in [1.807, 2.05) is 0 Å². The highest BCUT2D eigenvalue weighted by Gasteiger charge is 2.39. The fourth-order valence-corrected chi connectivity index (χ4v) is 3.31. The molecule has 0 saturated carbocycles. The van der Waals surface area contributed by atoms with E-state index in [9.17, 15) is 9.59 Å². The van der Waals surface area contributed by atoms with Crippen molar-refractivity contribution in [3.63, 3.8) is 0 Å². The van der Waals surface area contributed by atoms with Crippen molar-refractivity contribution in [2.75, 3.05) is 19.7 Å². The number of nitrogens with one attached hydrogen (secondary N) is 1. The summed E-state index contributed by atoms with van der Waals surface area (Å²) in [6, 6.07) is -0.868. The van der Waals surface area contributed by atoms with Crippen LogP contribution in [-0.2, 0) is 18.8 Å². The number of hydrogen-bond donors (Lipinski definition) is 1. The molecule has 158 valence electrons. The predicted octanol–water partition coefficient (Wildman–Crippen LogP) is 3.85. The Hall–Kier alpha value is -1.12. The molecule has 1 atom stereocenters. The minimum absolute atomic E-state index is 0.00988. The number of amides is 1. The third-order valence-corrected chi connectivity index (χ3v) is 9.51. The molecule has 1 fully saturated rings. The van der Waals surface area contributed by atoms with Crippen molar-refractivity contribution in [2.24, 2.45) is 0 Å². The number of rotatable bonds is 6. The van der Waals surface area contributed by atoms with Gasteiger partial charge in [0.25, 0.3) is 0 Å². The third kappa shape index (κ3) is 8.19. The first-order valence-electron chi connectivity index (χ1n) is 9.81. The highest BCUT2D eigenvalue weighted by atomic mass is 28.4. The fourth-order valence-electron chi connectivity index (χ4n) is 2.29. The van der Waals surface area contributed by atoms with Crippen molar-refractivity contribution in [3.8, 4) is 0 Å². The first-order valence-corrected chi connectivity index (χ1v) is 12.7. The van der Waals surface area contributed by atoms with Crippen LogP contribution in [0.25, 0.3) is 0 Å². The molecule has 0 radical (unpaired) electrons. The molecule has 0 aromatic rings. The van der Waals surface area contributed by atoms with Crippen molar-refractivity contribution in [1.29, 1.82) is 0 Å².